The third-order valence-corrected chi connectivity index (χ3v) is 5.82. The van der Waals surface area contributed by atoms with E-state index in [1.54, 1.807) is 0 Å². The molecule has 3 aromatic carbocycles. The quantitative estimate of drug-likeness (QED) is 0.397. The molecule has 0 aliphatic heterocycles. The maximum atomic E-state index is 7.72. The van der Waals surface area contributed by atoms with Crippen molar-refractivity contribution in [2.24, 2.45) is 0 Å². The minimum absolute atomic E-state index is 0.0837. The Bertz CT molecular complexity index is 956. The zero-order valence-corrected chi connectivity index (χ0v) is 21.2. The molecule has 2 N–H and O–H groups in total. The van der Waals surface area contributed by atoms with E-state index in [0.717, 1.165) is 0 Å². The van der Waals surface area contributed by atoms with Crippen molar-refractivity contribution in [1.82, 2.24) is 0 Å². The third kappa shape index (κ3) is 7.21. The van der Waals surface area contributed by atoms with Crippen molar-refractivity contribution in [3.8, 4) is 22.3 Å². The SMILES string of the molecule is CC(C)(C)c1ccc(-c2ccccc2-c2ccccc2)c(C(C)(C)C)c1.OPOPO. The van der Waals surface area contributed by atoms with E-state index in [0.29, 0.717) is 0 Å². The van der Waals surface area contributed by atoms with Gasteiger partial charge in [-0.05, 0) is 44.2 Å². The summed E-state index contributed by atoms with van der Waals surface area (Å²) in [6.07, 6.45) is 0. The van der Waals surface area contributed by atoms with Crippen LogP contribution in [0.3, 0.4) is 0 Å². The molecule has 0 radical (unpaired) electrons. The van der Waals surface area contributed by atoms with Crippen LogP contribution in [-0.2, 0) is 15.1 Å². The molecule has 0 aromatic heterocycles. The Morgan fingerprint density at radius 2 is 1.16 bits per heavy atom. The molecule has 3 rings (SSSR count). The maximum absolute atomic E-state index is 7.72. The van der Waals surface area contributed by atoms with Gasteiger partial charge in [-0.3, -0.25) is 4.31 Å². The zero-order valence-electron chi connectivity index (χ0n) is 19.2. The van der Waals surface area contributed by atoms with Gasteiger partial charge >= 0.3 is 0 Å². The van der Waals surface area contributed by atoms with Crippen LogP contribution in [0.25, 0.3) is 22.3 Å². The minimum atomic E-state index is -0.580. The van der Waals surface area contributed by atoms with E-state index in [4.69, 9.17) is 9.79 Å². The van der Waals surface area contributed by atoms with Crippen molar-refractivity contribution < 1.29 is 14.1 Å². The molecule has 0 aliphatic carbocycles. The fourth-order valence-corrected chi connectivity index (χ4v) is 3.64. The second kappa shape index (κ2) is 11.3. The Morgan fingerprint density at radius 3 is 1.65 bits per heavy atom. The van der Waals surface area contributed by atoms with E-state index in [1.165, 1.54) is 33.4 Å². The summed E-state index contributed by atoms with van der Waals surface area (Å²) >= 11 is 0. The van der Waals surface area contributed by atoms with Gasteiger partial charge in [-0.1, -0.05) is 114 Å². The molecular formula is C26H34O3P2. The normalized spacial score (nSPS) is 12.4. The Kier molecular flexibility index (Phi) is 9.37. The number of hydrogen-bond acceptors (Lipinski definition) is 3. The molecule has 0 amide bonds. The lowest BCUT2D eigenvalue weighted by Gasteiger charge is -2.28. The Hall–Kier alpha value is -1.60. The Balaban J connectivity index is 0.000000614. The summed E-state index contributed by atoms with van der Waals surface area (Å²) in [5, 5.41) is 0. The molecule has 31 heavy (non-hydrogen) atoms. The summed E-state index contributed by atoms with van der Waals surface area (Å²) in [5.41, 5.74) is 8.24. The van der Waals surface area contributed by atoms with Crippen LogP contribution in [0.15, 0.2) is 72.8 Å². The molecule has 0 aliphatic rings. The molecule has 0 fully saturated rings. The van der Waals surface area contributed by atoms with Crippen LogP contribution in [0.5, 0.6) is 0 Å². The van der Waals surface area contributed by atoms with Gasteiger partial charge in [-0.2, -0.15) is 0 Å². The Morgan fingerprint density at radius 1 is 0.613 bits per heavy atom. The largest absolute Gasteiger partial charge is 0.352 e. The average Bonchev–Trinajstić information content (AvgIpc) is 2.74. The van der Waals surface area contributed by atoms with Gasteiger partial charge in [-0.25, -0.2) is 0 Å². The van der Waals surface area contributed by atoms with Gasteiger partial charge in [-0.15, -0.1) is 0 Å². The second-order valence-electron chi connectivity index (χ2n) is 9.46. The van der Waals surface area contributed by atoms with Gasteiger partial charge in [0.15, 0.2) is 18.1 Å². The highest BCUT2D eigenvalue weighted by Crippen LogP contribution is 2.40. The molecule has 166 valence electrons. The summed E-state index contributed by atoms with van der Waals surface area (Å²) in [7, 11) is -1.16. The number of rotatable bonds is 4. The van der Waals surface area contributed by atoms with Crippen LogP contribution in [0.2, 0.25) is 0 Å². The molecule has 0 heterocycles. The van der Waals surface area contributed by atoms with Gasteiger partial charge in [0, 0.05) is 0 Å². The lowest BCUT2D eigenvalue weighted by Crippen LogP contribution is -2.17. The van der Waals surface area contributed by atoms with Crippen LogP contribution >= 0.6 is 18.1 Å². The number of hydrogen-bond donors (Lipinski definition) is 2. The molecule has 3 aromatic rings. The van der Waals surface area contributed by atoms with E-state index in [1.807, 2.05) is 0 Å². The predicted octanol–water partition coefficient (Wildman–Crippen LogP) is 7.62. The van der Waals surface area contributed by atoms with Gasteiger partial charge in [0.1, 0.15) is 0 Å². The Labute approximate surface area is 190 Å². The van der Waals surface area contributed by atoms with E-state index >= 15 is 0 Å². The molecule has 0 bridgehead atoms. The summed E-state index contributed by atoms with van der Waals surface area (Å²) < 4.78 is 4.00. The molecular weight excluding hydrogens is 422 g/mol. The van der Waals surface area contributed by atoms with Crippen LogP contribution in [0.4, 0.5) is 0 Å². The van der Waals surface area contributed by atoms with Crippen molar-refractivity contribution in [3.63, 3.8) is 0 Å². The summed E-state index contributed by atoms with van der Waals surface area (Å²) in [6, 6.07) is 26.5. The molecule has 0 saturated heterocycles. The van der Waals surface area contributed by atoms with Gasteiger partial charge in [0.2, 0.25) is 0 Å². The maximum Gasteiger partial charge on any atom is 0.158 e. The van der Waals surface area contributed by atoms with Gasteiger partial charge < -0.3 is 9.79 Å². The standard InChI is InChI=1S/C26H30.H4O3P2/c1-25(2,3)20-16-17-23(24(18-20)26(4,5)6)22-15-11-10-14-21(22)19-12-8-7-9-13-19;1-4-3-5-2/h7-18H,1-6H3;1-2,4-5H. The molecule has 5 heteroatoms. The lowest BCUT2D eigenvalue weighted by atomic mass is 9.76. The highest BCUT2D eigenvalue weighted by molar-refractivity contribution is 7.39. The van der Waals surface area contributed by atoms with Crippen molar-refractivity contribution in [2.75, 3.05) is 0 Å². The highest BCUT2D eigenvalue weighted by Gasteiger charge is 2.23. The van der Waals surface area contributed by atoms with E-state index in [2.05, 4.69) is 119 Å². The van der Waals surface area contributed by atoms with Crippen LogP contribution in [0, 0.1) is 0 Å². The first-order chi connectivity index (χ1) is 14.6. The van der Waals surface area contributed by atoms with Crippen molar-refractivity contribution >= 4 is 18.1 Å². The lowest BCUT2D eigenvalue weighted by molar-refractivity contribution is 0.496. The monoisotopic (exact) mass is 456 g/mol. The zero-order chi connectivity index (χ0) is 23.1. The first-order valence-electron chi connectivity index (χ1n) is 10.3. The van der Waals surface area contributed by atoms with Gasteiger partial charge in [0.25, 0.3) is 0 Å². The van der Waals surface area contributed by atoms with Crippen molar-refractivity contribution in [2.45, 2.75) is 52.4 Å². The van der Waals surface area contributed by atoms with Crippen molar-refractivity contribution in [3.05, 3.63) is 83.9 Å². The van der Waals surface area contributed by atoms with Crippen molar-refractivity contribution in [1.29, 1.82) is 0 Å². The second-order valence-corrected chi connectivity index (χ2v) is 10.6. The fourth-order valence-electron chi connectivity index (χ4n) is 3.47. The highest BCUT2D eigenvalue weighted by atomic mass is 31.2. The summed E-state index contributed by atoms with van der Waals surface area (Å²) in [5.74, 6) is 0. The van der Waals surface area contributed by atoms with Crippen LogP contribution < -0.4 is 0 Å². The van der Waals surface area contributed by atoms with E-state index in [9.17, 15) is 0 Å². The third-order valence-electron chi connectivity index (χ3n) is 5.09. The minimum Gasteiger partial charge on any atom is -0.352 e. The predicted molar refractivity (Wildman–Crippen MR) is 137 cm³/mol. The van der Waals surface area contributed by atoms with Crippen LogP contribution in [-0.4, -0.2) is 9.79 Å². The summed E-state index contributed by atoms with van der Waals surface area (Å²) in [6.45, 7) is 13.8. The fraction of sp³-hybridized carbons (Fsp3) is 0.308. The van der Waals surface area contributed by atoms with Gasteiger partial charge in [0.05, 0.1) is 0 Å². The first kappa shape index (κ1) is 25.7. The topological polar surface area (TPSA) is 49.7 Å². The van der Waals surface area contributed by atoms with E-state index in [-0.39, 0.29) is 10.8 Å². The number of benzene rings is 3. The molecule has 2 unspecified atom stereocenters. The van der Waals surface area contributed by atoms with E-state index < -0.39 is 18.1 Å². The first-order valence-corrected chi connectivity index (χ1v) is 12.0. The smallest absolute Gasteiger partial charge is 0.158 e. The molecule has 2 atom stereocenters. The average molecular weight is 457 g/mol. The van der Waals surface area contributed by atoms with Crippen LogP contribution in [0.1, 0.15) is 52.7 Å². The molecule has 0 saturated carbocycles. The molecule has 0 spiro atoms. The molecule has 3 nitrogen and oxygen atoms in total. The summed E-state index contributed by atoms with van der Waals surface area (Å²) in [4.78, 5) is 15.4.